The zero-order valence-electron chi connectivity index (χ0n) is 17.7. The van der Waals surface area contributed by atoms with Crippen LogP contribution in [0.4, 0.5) is 5.00 Å². The molecule has 0 unspecified atom stereocenters. The lowest BCUT2D eigenvalue weighted by Crippen LogP contribution is -2.19. The number of benzene rings is 1. The topological polar surface area (TPSA) is 103 Å². The number of para-hydroxylation sites is 1. The number of nitrogens with one attached hydrogen (secondary N) is 1. The molecule has 0 fully saturated rings. The van der Waals surface area contributed by atoms with E-state index in [1.165, 1.54) is 23.1 Å². The summed E-state index contributed by atoms with van der Waals surface area (Å²) >= 11 is 2.80. The van der Waals surface area contributed by atoms with Crippen LogP contribution in [0.1, 0.15) is 27.2 Å². The third-order valence-corrected chi connectivity index (χ3v) is 7.61. The number of primary amides is 1. The van der Waals surface area contributed by atoms with Crippen LogP contribution >= 0.6 is 23.1 Å². The van der Waals surface area contributed by atoms with Crippen molar-refractivity contribution in [1.29, 1.82) is 0 Å². The number of amides is 2. The SMILES string of the molecule is NC(=O)c1c(NC(=O)CSc2ncc(-c3cccnc3)n2-c2ccccc2)sc2c1CCC2. The van der Waals surface area contributed by atoms with Crippen molar-refractivity contribution in [2.24, 2.45) is 5.73 Å². The van der Waals surface area contributed by atoms with E-state index in [0.717, 1.165) is 46.6 Å². The highest BCUT2D eigenvalue weighted by Gasteiger charge is 2.26. The number of nitrogens with zero attached hydrogens (tertiary/aromatic N) is 3. The van der Waals surface area contributed by atoms with E-state index >= 15 is 0 Å². The summed E-state index contributed by atoms with van der Waals surface area (Å²) in [6.45, 7) is 0. The number of hydrogen-bond acceptors (Lipinski definition) is 6. The van der Waals surface area contributed by atoms with Gasteiger partial charge in [0.2, 0.25) is 5.91 Å². The van der Waals surface area contributed by atoms with E-state index in [0.29, 0.717) is 15.7 Å². The van der Waals surface area contributed by atoms with Crippen molar-refractivity contribution in [3.63, 3.8) is 0 Å². The lowest BCUT2D eigenvalue weighted by molar-refractivity contribution is -0.113. The Labute approximate surface area is 199 Å². The Morgan fingerprint density at radius 1 is 1.12 bits per heavy atom. The molecule has 0 saturated heterocycles. The van der Waals surface area contributed by atoms with Gasteiger partial charge in [0.1, 0.15) is 5.00 Å². The van der Waals surface area contributed by atoms with Gasteiger partial charge < -0.3 is 11.1 Å². The molecule has 0 radical (unpaired) electrons. The monoisotopic (exact) mass is 475 g/mol. The molecule has 2 amide bonds. The molecule has 7 nitrogen and oxygen atoms in total. The van der Waals surface area contributed by atoms with Gasteiger partial charge in [0, 0.05) is 28.5 Å². The van der Waals surface area contributed by atoms with Crippen LogP contribution in [0, 0.1) is 0 Å². The summed E-state index contributed by atoms with van der Waals surface area (Å²) in [5.74, 6) is -0.539. The Morgan fingerprint density at radius 2 is 1.97 bits per heavy atom. The molecule has 0 aliphatic heterocycles. The second kappa shape index (κ2) is 9.21. The van der Waals surface area contributed by atoms with E-state index in [9.17, 15) is 9.59 Å². The molecule has 0 saturated carbocycles. The molecule has 4 aromatic rings. The van der Waals surface area contributed by atoms with Gasteiger partial charge in [0.15, 0.2) is 5.16 Å². The van der Waals surface area contributed by atoms with Gasteiger partial charge in [-0.3, -0.25) is 19.1 Å². The van der Waals surface area contributed by atoms with Gasteiger partial charge in [-0.15, -0.1) is 11.3 Å². The average Bonchev–Trinajstić information content (AvgIpc) is 3.53. The Kier molecular flexibility index (Phi) is 5.97. The highest BCUT2D eigenvalue weighted by Crippen LogP contribution is 2.39. The first kappa shape index (κ1) is 21.4. The number of carbonyl (C=O) groups is 2. The second-order valence-electron chi connectivity index (χ2n) is 7.60. The summed E-state index contributed by atoms with van der Waals surface area (Å²) in [6.07, 6.45) is 8.09. The van der Waals surface area contributed by atoms with Crippen LogP contribution < -0.4 is 11.1 Å². The number of thioether (sulfide) groups is 1. The average molecular weight is 476 g/mol. The first-order valence-corrected chi connectivity index (χ1v) is 12.3. The third-order valence-electron chi connectivity index (χ3n) is 5.45. The maximum absolute atomic E-state index is 12.8. The lowest BCUT2D eigenvalue weighted by atomic mass is 10.1. The van der Waals surface area contributed by atoms with Crippen molar-refractivity contribution in [2.75, 3.05) is 11.1 Å². The van der Waals surface area contributed by atoms with E-state index in [-0.39, 0.29) is 11.7 Å². The number of imidazole rings is 1. The molecular weight excluding hydrogens is 454 g/mol. The number of thiophene rings is 1. The van der Waals surface area contributed by atoms with E-state index in [1.54, 1.807) is 18.6 Å². The van der Waals surface area contributed by atoms with Gasteiger partial charge in [-0.05, 0) is 49.1 Å². The van der Waals surface area contributed by atoms with Gasteiger partial charge in [-0.1, -0.05) is 30.0 Å². The predicted octanol–water partition coefficient (Wildman–Crippen LogP) is 4.31. The molecule has 3 N–H and O–H groups in total. The minimum absolute atomic E-state index is 0.150. The Bertz CT molecular complexity index is 1320. The predicted molar refractivity (Wildman–Crippen MR) is 131 cm³/mol. The number of aryl methyl sites for hydroxylation is 1. The van der Waals surface area contributed by atoms with Crippen LogP contribution in [-0.4, -0.2) is 32.1 Å². The number of hydrogen-bond donors (Lipinski definition) is 2. The zero-order valence-corrected chi connectivity index (χ0v) is 19.3. The molecule has 0 spiro atoms. The summed E-state index contributed by atoms with van der Waals surface area (Å²) < 4.78 is 2.02. The minimum Gasteiger partial charge on any atom is -0.365 e. The van der Waals surface area contributed by atoms with Crippen LogP contribution in [0.3, 0.4) is 0 Å². The number of carbonyl (C=O) groups excluding carboxylic acids is 2. The molecular formula is C24H21N5O2S2. The van der Waals surface area contributed by atoms with E-state index in [1.807, 2.05) is 47.0 Å². The molecule has 3 heterocycles. The normalized spacial score (nSPS) is 12.5. The van der Waals surface area contributed by atoms with Crippen molar-refractivity contribution in [1.82, 2.24) is 14.5 Å². The first-order chi connectivity index (χ1) is 16.1. The fourth-order valence-corrected chi connectivity index (χ4v) is 6.13. The molecule has 1 aliphatic rings. The smallest absolute Gasteiger partial charge is 0.251 e. The lowest BCUT2D eigenvalue weighted by Gasteiger charge is -2.12. The highest BCUT2D eigenvalue weighted by atomic mass is 32.2. The van der Waals surface area contributed by atoms with Crippen LogP contribution in [0.25, 0.3) is 16.9 Å². The van der Waals surface area contributed by atoms with Crippen molar-refractivity contribution in [3.05, 3.63) is 77.1 Å². The maximum atomic E-state index is 12.8. The summed E-state index contributed by atoms with van der Waals surface area (Å²) in [4.78, 5) is 34.7. The third kappa shape index (κ3) is 4.29. The summed E-state index contributed by atoms with van der Waals surface area (Å²) in [5.41, 5.74) is 9.85. The molecule has 9 heteroatoms. The van der Waals surface area contributed by atoms with E-state index in [2.05, 4.69) is 15.3 Å². The summed E-state index contributed by atoms with van der Waals surface area (Å²) in [5, 5.41) is 4.15. The van der Waals surface area contributed by atoms with Crippen LogP contribution in [-0.2, 0) is 17.6 Å². The number of fused-ring (bicyclic) bond motifs is 1. The maximum Gasteiger partial charge on any atom is 0.251 e. The second-order valence-corrected chi connectivity index (χ2v) is 9.65. The van der Waals surface area contributed by atoms with Crippen molar-refractivity contribution in [3.8, 4) is 16.9 Å². The Morgan fingerprint density at radius 3 is 2.73 bits per heavy atom. The van der Waals surface area contributed by atoms with E-state index in [4.69, 9.17) is 5.73 Å². The van der Waals surface area contributed by atoms with Crippen molar-refractivity contribution >= 4 is 39.9 Å². The van der Waals surface area contributed by atoms with Gasteiger partial charge in [0.05, 0.1) is 23.2 Å². The largest absolute Gasteiger partial charge is 0.365 e. The Hall–Kier alpha value is -3.43. The minimum atomic E-state index is -0.488. The molecule has 5 rings (SSSR count). The number of pyridine rings is 1. The van der Waals surface area contributed by atoms with Gasteiger partial charge in [0.25, 0.3) is 5.91 Å². The van der Waals surface area contributed by atoms with Crippen molar-refractivity contribution < 1.29 is 9.59 Å². The standard InChI is InChI=1S/C24H21N5O2S2/c25-22(31)21-17-9-4-10-19(17)33-23(21)28-20(30)14-32-24-27-13-18(15-6-5-11-26-12-15)29(24)16-7-2-1-3-8-16/h1-3,5-8,11-13H,4,9-10,14H2,(H2,25,31)(H,28,30). The summed E-state index contributed by atoms with van der Waals surface area (Å²) in [6, 6.07) is 13.7. The quantitative estimate of drug-likeness (QED) is 0.388. The van der Waals surface area contributed by atoms with E-state index < -0.39 is 5.91 Å². The Balaban J connectivity index is 1.38. The number of anilines is 1. The molecule has 33 heavy (non-hydrogen) atoms. The zero-order chi connectivity index (χ0) is 22.8. The molecule has 3 aromatic heterocycles. The molecule has 1 aromatic carbocycles. The molecule has 0 atom stereocenters. The van der Waals surface area contributed by atoms with Gasteiger partial charge in [-0.25, -0.2) is 4.98 Å². The fourth-order valence-electron chi connectivity index (χ4n) is 4.03. The van der Waals surface area contributed by atoms with Crippen LogP contribution in [0.15, 0.2) is 66.2 Å². The van der Waals surface area contributed by atoms with Crippen LogP contribution in [0.5, 0.6) is 0 Å². The molecule has 0 bridgehead atoms. The first-order valence-electron chi connectivity index (χ1n) is 10.5. The molecule has 166 valence electrons. The number of rotatable bonds is 7. The summed E-state index contributed by atoms with van der Waals surface area (Å²) in [7, 11) is 0. The van der Waals surface area contributed by atoms with Gasteiger partial charge >= 0.3 is 0 Å². The van der Waals surface area contributed by atoms with Crippen molar-refractivity contribution in [2.45, 2.75) is 24.4 Å². The highest BCUT2D eigenvalue weighted by molar-refractivity contribution is 7.99. The van der Waals surface area contributed by atoms with Gasteiger partial charge in [-0.2, -0.15) is 0 Å². The fraction of sp³-hybridized carbons (Fsp3) is 0.167. The number of aromatic nitrogens is 3. The number of nitrogens with two attached hydrogens (primary N) is 1. The van der Waals surface area contributed by atoms with Crippen LogP contribution in [0.2, 0.25) is 0 Å². The molecule has 1 aliphatic carbocycles.